The molecule has 29 heavy (non-hydrogen) atoms. The number of benzene rings is 5. The Morgan fingerprint density at radius 1 is 0.621 bits per heavy atom. The van der Waals surface area contributed by atoms with Gasteiger partial charge in [0.05, 0.1) is 0 Å². The minimum Gasteiger partial charge on any atom is -0.274 e. The number of rotatable bonds is 1. The molecule has 0 unspecified atom stereocenters. The van der Waals surface area contributed by atoms with Gasteiger partial charge in [-0.25, -0.2) is 11.1 Å². The molecular weight excluding hydrogens is 427 g/mol. The molecule has 0 fully saturated rings. The quantitative estimate of drug-likeness (QED) is 0.198. The monoisotopic (exact) mass is 442 g/mol. The summed E-state index contributed by atoms with van der Waals surface area (Å²) in [5.41, 5.74) is 2.15. The van der Waals surface area contributed by atoms with Crippen LogP contribution in [0.25, 0.3) is 54.2 Å². The summed E-state index contributed by atoms with van der Waals surface area (Å²) in [6.45, 7) is 0. The van der Waals surface area contributed by atoms with Crippen LogP contribution in [0.5, 0.6) is 0 Å². The van der Waals surface area contributed by atoms with Gasteiger partial charge in [-0.15, -0.1) is 28.3 Å². The maximum Gasteiger partial charge on any atom is 0.0248 e. The second-order valence-corrected chi connectivity index (χ2v) is 7.19. The number of pyridine rings is 1. The molecule has 2 heteroatoms. The van der Waals surface area contributed by atoms with E-state index in [2.05, 4.69) is 77.8 Å². The van der Waals surface area contributed by atoms with Crippen molar-refractivity contribution in [3.8, 4) is 11.1 Å². The molecule has 0 amide bonds. The summed E-state index contributed by atoms with van der Waals surface area (Å²) < 4.78 is 0. The van der Waals surface area contributed by atoms with Gasteiger partial charge in [0, 0.05) is 38.9 Å². The first-order valence-corrected chi connectivity index (χ1v) is 9.38. The first kappa shape index (κ1) is 18.4. The summed E-state index contributed by atoms with van der Waals surface area (Å²) in [5, 5.41) is 9.74. The van der Waals surface area contributed by atoms with Gasteiger partial charge in [0.15, 0.2) is 0 Å². The van der Waals surface area contributed by atoms with E-state index in [0.29, 0.717) is 0 Å². The van der Waals surface area contributed by atoms with Crippen molar-refractivity contribution in [1.82, 2.24) is 4.98 Å². The molecule has 5 aromatic carbocycles. The van der Waals surface area contributed by atoms with Crippen LogP contribution in [0.4, 0.5) is 0 Å². The molecule has 0 atom stereocenters. The number of fused-ring (bicyclic) bond motifs is 4. The largest absolute Gasteiger partial charge is 0.274 e. The van der Waals surface area contributed by atoms with Crippen molar-refractivity contribution in [3.05, 3.63) is 103 Å². The van der Waals surface area contributed by atoms with E-state index in [9.17, 15) is 0 Å². The molecule has 0 saturated heterocycles. The van der Waals surface area contributed by atoms with Gasteiger partial charge in [0.1, 0.15) is 0 Å². The van der Waals surface area contributed by atoms with Gasteiger partial charge in [0.25, 0.3) is 0 Å². The van der Waals surface area contributed by atoms with Crippen LogP contribution in [0.1, 0.15) is 0 Å². The zero-order valence-corrected chi connectivity index (χ0v) is 18.5. The Kier molecular flexibility index (Phi) is 4.66. The van der Waals surface area contributed by atoms with E-state index in [1.165, 1.54) is 37.7 Å². The normalized spacial score (nSPS) is 11.2. The number of aromatic nitrogens is 1. The first-order valence-electron chi connectivity index (χ1n) is 9.38. The van der Waals surface area contributed by atoms with Gasteiger partial charge in [-0.3, -0.25) is 4.98 Å². The van der Waals surface area contributed by atoms with Crippen LogP contribution in [-0.2, 0) is 32.7 Å². The van der Waals surface area contributed by atoms with Crippen molar-refractivity contribution < 1.29 is 32.7 Å². The average Bonchev–Trinajstić information content (AvgIpc) is 2.75. The van der Waals surface area contributed by atoms with Crippen molar-refractivity contribution in [2.24, 2.45) is 0 Å². The average molecular weight is 442 g/mol. The Hall–Kier alpha value is -2.61. The zero-order valence-electron chi connectivity index (χ0n) is 15.7. The van der Waals surface area contributed by atoms with Crippen molar-refractivity contribution >= 4 is 43.1 Å². The molecule has 0 aliphatic heterocycles. The molecule has 0 bridgehead atoms. The Morgan fingerprint density at radius 2 is 1.34 bits per heavy atom. The van der Waals surface area contributed by atoms with E-state index in [1.54, 1.807) is 0 Å². The van der Waals surface area contributed by atoms with Crippen LogP contribution in [0.3, 0.4) is 0 Å². The minimum atomic E-state index is 0. The Morgan fingerprint density at radius 3 is 2.17 bits per heavy atom. The maximum absolute atomic E-state index is 4.20. The topological polar surface area (TPSA) is 12.9 Å². The summed E-state index contributed by atoms with van der Waals surface area (Å²) in [5.74, 6) is 0. The molecule has 133 valence electrons. The third-order valence-corrected chi connectivity index (χ3v) is 5.47. The fraction of sp³-hybridized carbons (Fsp3) is 0. The molecule has 1 heterocycles. The van der Waals surface area contributed by atoms with E-state index in [1.807, 2.05) is 30.6 Å². The van der Waals surface area contributed by atoms with E-state index in [0.717, 1.165) is 16.5 Å². The molecule has 1 radical (unpaired) electrons. The fourth-order valence-corrected chi connectivity index (χ4v) is 4.05. The standard InChI is InChI=1S/C27H15N.Y/c1-2-5-19-14-25-16-27-21(15-24(25)13-18(19)4-1)6-3-7-26(27)22-8-9-23-17-28-11-10-20(23)12-22;/h1-6,9-17H;/q-2;. The molecule has 0 N–H and O–H groups in total. The third kappa shape index (κ3) is 3.15. The van der Waals surface area contributed by atoms with Crippen LogP contribution in [0.2, 0.25) is 0 Å². The summed E-state index contributed by atoms with van der Waals surface area (Å²) in [7, 11) is 0. The van der Waals surface area contributed by atoms with Crippen molar-refractivity contribution in [3.63, 3.8) is 0 Å². The summed E-state index contributed by atoms with van der Waals surface area (Å²) in [4.78, 5) is 4.20. The van der Waals surface area contributed by atoms with Gasteiger partial charge >= 0.3 is 0 Å². The SMILES string of the molecule is [Y].[c-]1cc2cnccc2cc1-c1[c-]ccc2cc3cc4ccccc4cc3cc12. The van der Waals surface area contributed by atoms with Crippen LogP contribution in [-0.4, -0.2) is 4.98 Å². The fourth-order valence-electron chi connectivity index (χ4n) is 4.05. The van der Waals surface area contributed by atoms with Crippen molar-refractivity contribution in [1.29, 1.82) is 0 Å². The minimum absolute atomic E-state index is 0. The Labute approximate surface area is 194 Å². The van der Waals surface area contributed by atoms with Crippen LogP contribution in [0.15, 0.2) is 91.3 Å². The molecular formula is C27H15NY-2. The maximum atomic E-state index is 4.20. The number of hydrogen-bond acceptors (Lipinski definition) is 1. The second-order valence-electron chi connectivity index (χ2n) is 7.19. The predicted molar refractivity (Wildman–Crippen MR) is 117 cm³/mol. The van der Waals surface area contributed by atoms with Crippen LogP contribution < -0.4 is 0 Å². The van der Waals surface area contributed by atoms with Gasteiger partial charge in [-0.2, -0.15) is 24.3 Å². The molecule has 1 nitrogen and oxygen atoms in total. The number of nitrogens with zero attached hydrogens (tertiary/aromatic N) is 1. The molecule has 1 aromatic heterocycles. The van der Waals surface area contributed by atoms with E-state index in [-0.39, 0.29) is 32.7 Å². The zero-order chi connectivity index (χ0) is 18.5. The second kappa shape index (κ2) is 7.33. The Balaban J connectivity index is 0.00000181. The predicted octanol–water partition coefficient (Wildman–Crippen LogP) is 6.96. The summed E-state index contributed by atoms with van der Waals surface area (Å²) in [6, 6.07) is 34.9. The Bertz CT molecular complexity index is 1520. The van der Waals surface area contributed by atoms with E-state index in [4.69, 9.17) is 0 Å². The van der Waals surface area contributed by atoms with Crippen LogP contribution in [0, 0.1) is 12.1 Å². The van der Waals surface area contributed by atoms with Gasteiger partial charge in [-0.05, 0) is 39.9 Å². The molecule has 6 rings (SSSR count). The summed E-state index contributed by atoms with van der Waals surface area (Å²) in [6.07, 6.45) is 3.71. The summed E-state index contributed by atoms with van der Waals surface area (Å²) >= 11 is 0. The van der Waals surface area contributed by atoms with E-state index < -0.39 is 0 Å². The molecule has 0 aliphatic rings. The number of hydrogen-bond donors (Lipinski definition) is 0. The van der Waals surface area contributed by atoms with Gasteiger partial charge in [-0.1, -0.05) is 47.9 Å². The molecule has 6 aromatic rings. The smallest absolute Gasteiger partial charge is 0.0248 e. The molecule has 0 aliphatic carbocycles. The molecule has 0 saturated carbocycles. The molecule has 0 spiro atoms. The van der Waals surface area contributed by atoms with Crippen molar-refractivity contribution in [2.45, 2.75) is 0 Å². The van der Waals surface area contributed by atoms with Crippen LogP contribution >= 0.6 is 0 Å². The van der Waals surface area contributed by atoms with Gasteiger partial charge < -0.3 is 0 Å². The van der Waals surface area contributed by atoms with Crippen molar-refractivity contribution in [2.75, 3.05) is 0 Å². The van der Waals surface area contributed by atoms with E-state index >= 15 is 0 Å². The van der Waals surface area contributed by atoms with Gasteiger partial charge in [0.2, 0.25) is 0 Å². The first-order chi connectivity index (χ1) is 13.8. The third-order valence-electron chi connectivity index (χ3n) is 5.47.